The fraction of sp³-hybridized carbons (Fsp3) is 0.333. The molecule has 0 saturated heterocycles. The van der Waals surface area contributed by atoms with Crippen molar-refractivity contribution in [2.75, 3.05) is 17.2 Å². The summed E-state index contributed by atoms with van der Waals surface area (Å²) in [5, 5.41) is 8.06. The zero-order chi connectivity index (χ0) is 11.8. The minimum atomic E-state index is 0.796. The van der Waals surface area contributed by atoms with Crippen molar-refractivity contribution in [2.45, 2.75) is 13.0 Å². The second-order valence-electron chi connectivity index (χ2n) is 4.40. The van der Waals surface area contributed by atoms with Gasteiger partial charge in [0.05, 0.1) is 6.54 Å². The second-order valence-corrected chi connectivity index (χ2v) is 4.40. The number of nitrogens with two attached hydrogens (primary N) is 1. The monoisotopic (exact) mass is 229 g/mol. The maximum atomic E-state index is 5.97. The van der Waals surface area contributed by atoms with E-state index in [1.807, 2.05) is 25.4 Å². The number of hydrogen-bond acceptors (Lipinski definition) is 4. The van der Waals surface area contributed by atoms with Crippen molar-refractivity contribution in [3.8, 4) is 0 Å². The molecule has 88 valence electrons. The molecule has 0 fully saturated rings. The molecule has 17 heavy (non-hydrogen) atoms. The molecule has 2 N–H and O–H groups in total. The number of aryl methyl sites for hydroxylation is 1. The van der Waals surface area contributed by atoms with Gasteiger partial charge in [0.15, 0.2) is 0 Å². The highest BCUT2D eigenvalue weighted by Gasteiger charge is 2.21. The lowest BCUT2D eigenvalue weighted by Crippen LogP contribution is -2.19. The van der Waals surface area contributed by atoms with Crippen LogP contribution in [0.2, 0.25) is 0 Å². The van der Waals surface area contributed by atoms with E-state index in [9.17, 15) is 0 Å². The normalized spacial score (nSPS) is 14.1. The first-order valence-electron chi connectivity index (χ1n) is 5.71. The van der Waals surface area contributed by atoms with Gasteiger partial charge in [0.1, 0.15) is 5.69 Å². The van der Waals surface area contributed by atoms with Crippen LogP contribution in [-0.4, -0.2) is 21.5 Å². The van der Waals surface area contributed by atoms with Crippen molar-refractivity contribution in [2.24, 2.45) is 7.05 Å². The number of benzene rings is 1. The van der Waals surface area contributed by atoms with E-state index < -0.39 is 0 Å². The Labute approximate surface area is 99.8 Å². The molecule has 0 saturated carbocycles. The summed E-state index contributed by atoms with van der Waals surface area (Å²) in [6.07, 6.45) is 2.96. The average molecular weight is 229 g/mol. The molecule has 0 amide bonds. The van der Waals surface area contributed by atoms with Gasteiger partial charge in [-0.15, -0.1) is 5.10 Å². The van der Waals surface area contributed by atoms with Crippen LogP contribution in [0, 0.1) is 0 Å². The maximum absolute atomic E-state index is 5.97. The summed E-state index contributed by atoms with van der Waals surface area (Å²) < 4.78 is 1.73. The van der Waals surface area contributed by atoms with Crippen molar-refractivity contribution in [1.82, 2.24) is 15.0 Å². The molecule has 5 heteroatoms. The molecule has 0 aliphatic carbocycles. The summed E-state index contributed by atoms with van der Waals surface area (Å²) >= 11 is 0. The Bertz CT molecular complexity index is 546. The topological polar surface area (TPSA) is 60.0 Å². The SMILES string of the molecule is Cn1cc(CN2CCc3c(N)cccc32)nn1. The first-order chi connectivity index (χ1) is 8.24. The predicted octanol–water partition coefficient (Wildman–Crippen LogP) is 0.960. The Morgan fingerprint density at radius 3 is 3.06 bits per heavy atom. The average Bonchev–Trinajstić information content (AvgIpc) is 2.88. The van der Waals surface area contributed by atoms with Crippen LogP contribution in [0.5, 0.6) is 0 Å². The van der Waals surface area contributed by atoms with E-state index in [0.29, 0.717) is 0 Å². The summed E-state index contributed by atoms with van der Waals surface area (Å²) in [5.74, 6) is 0. The molecule has 0 bridgehead atoms. The fourth-order valence-electron chi connectivity index (χ4n) is 2.36. The van der Waals surface area contributed by atoms with E-state index in [1.54, 1.807) is 4.68 Å². The molecule has 1 aliphatic heterocycles. The van der Waals surface area contributed by atoms with Gasteiger partial charge < -0.3 is 10.6 Å². The summed E-state index contributed by atoms with van der Waals surface area (Å²) in [5.41, 5.74) is 10.3. The van der Waals surface area contributed by atoms with Crippen LogP contribution >= 0.6 is 0 Å². The number of hydrogen-bond donors (Lipinski definition) is 1. The number of aromatic nitrogens is 3. The first-order valence-corrected chi connectivity index (χ1v) is 5.71. The maximum Gasteiger partial charge on any atom is 0.102 e. The highest BCUT2D eigenvalue weighted by molar-refractivity contribution is 5.68. The molecule has 0 spiro atoms. The quantitative estimate of drug-likeness (QED) is 0.779. The molecule has 2 heterocycles. The van der Waals surface area contributed by atoms with Crippen LogP contribution in [-0.2, 0) is 20.0 Å². The summed E-state index contributed by atoms with van der Waals surface area (Å²) in [7, 11) is 1.88. The lowest BCUT2D eigenvalue weighted by atomic mass is 10.1. The minimum absolute atomic E-state index is 0.796. The smallest absolute Gasteiger partial charge is 0.102 e. The molecule has 2 aromatic rings. The van der Waals surface area contributed by atoms with Crippen LogP contribution in [0.1, 0.15) is 11.3 Å². The van der Waals surface area contributed by atoms with Gasteiger partial charge in [-0.05, 0) is 18.6 Å². The predicted molar refractivity (Wildman–Crippen MR) is 66.6 cm³/mol. The van der Waals surface area contributed by atoms with E-state index in [2.05, 4.69) is 21.3 Å². The van der Waals surface area contributed by atoms with Gasteiger partial charge in [-0.3, -0.25) is 4.68 Å². The Morgan fingerprint density at radius 1 is 1.41 bits per heavy atom. The van der Waals surface area contributed by atoms with Crippen LogP contribution in [0.4, 0.5) is 11.4 Å². The zero-order valence-electron chi connectivity index (χ0n) is 9.80. The van der Waals surface area contributed by atoms with Gasteiger partial charge in [-0.2, -0.15) is 0 Å². The zero-order valence-corrected chi connectivity index (χ0v) is 9.80. The third-order valence-corrected chi connectivity index (χ3v) is 3.16. The minimum Gasteiger partial charge on any atom is -0.398 e. The molecular weight excluding hydrogens is 214 g/mol. The molecule has 1 aliphatic rings. The molecular formula is C12H15N5. The number of anilines is 2. The van der Waals surface area contributed by atoms with Gasteiger partial charge in [0, 0.05) is 36.7 Å². The summed E-state index contributed by atoms with van der Waals surface area (Å²) in [4.78, 5) is 2.30. The molecule has 0 atom stereocenters. The standard InChI is InChI=1S/C12H15N5/c1-16-7-9(14-15-16)8-17-6-5-10-11(13)3-2-4-12(10)17/h2-4,7H,5-6,8,13H2,1H3. The molecule has 3 rings (SSSR count). The Hall–Kier alpha value is -2.04. The van der Waals surface area contributed by atoms with Crippen molar-refractivity contribution >= 4 is 11.4 Å². The largest absolute Gasteiger partial charge is 0.398 e. The van der Waals surface area contributed by atoms with Crippen LogP contribution in [0.3, 0.4) is 0 Å². The van der Waals surface area contributed by atoms with Crippen molar-refractivity contribution in [3.63, 3.8) is 0 Å². The van der Waals surface area contributed by atoms with E-state index in [-0.39, 0.29) is 0 Å². The van der Waals surface area contributed by atoms with Gasteiger partial charge in [-0.25, -0.2) is 0 Å². The van der Waals surface area contributed by atoms with Crippen LogP contribution in [0.25, 0.3) is 0 Å². The number of fused-ring (bicyclic) bond motifs is 1. The van der Waals surface area contributed by atoms with Gasteiger partial charge in [0.25, 0.3) is 0 Å². The lowest BCUT2D eigenvalue weighted by Gasteiger charge is -2.17. The van der Waals surface area contributed by atoms with E-state index in [0.717, 1.165) is 30.9 Å². The van der Waals surface area contributed by atoms with Crippen molar-refractivity contribution in [1.29, 1.82) is 0 Å². The third-order valence-electron chi connectivity index (χ3n) is 3.16. The molecule has 5 nitrogen and oxygen atoms in total. The van der Waals surface area contributed by atoms with Crippen LogP contribution < -0.4 is 10.6 Å². The molecule has 0 unspecified atom stereocenters. The number of rotatable bonds is 2. The summed E-state index contributed by atoms with van der Waals surface area (Å²) in [6.45, 7) is 1.80. The fourth-order valence-corrected chi connectivity index (χ4v) is 2.36. The van der Waals surface area contributed by atoms with Gasteiger partial charge >= 0.3 is 0 Å². The Morgan fingerprint density at radius 2 is 2.29 bits per heavy atom. The number of nitrogen functional groups attached to an aromatic ring is 1. The van der Waals surface area contributed by atoms with E-state index in [4.69, 9.17) is 5.73 Å². The lowest BCUT2D eigenvalue weighted by molar-refractivity contribution is 0.712. The first kappa shape index (κ1) is 10.1. The highest BCUT2D eigenvalue weighted by atomic mass is 15.4. The Balaban J connectivity index is 1.86. The molecule has 0 radical (unpaired) electrons. The number of nitrogens with zero attached hydrogens (tertiary/aromatic N) is 4. The van der Waals surface area contributed by atoms with E-state index in [1.165, 1.54) is 11.3 Å². The van der Waals surface area contributed by atoms with Gasteiger partial charge in [0.2, 0.25) is 0 Å². The third kappa shape index (κ3) is 1.73. The second kappa shape index (κ2) is 3.76. The Kier molecular flexibility index (Phi) is 2.24. The van der Waals surface area contributed by atoms with Crippen molar-refractivity contribution < 1.29 is 0 Å². The van der Waals surface area contributed by atoms with Crippen LogP contribution in [0.15, 0.2) is 24.4 Å². The highest BCUT2D eigenvalue weighted by Crippen LogP contribution is 2.32. The van der Waals surface area contributed by atoms with E-state index >= 15 is 0 Å². The molecule has 1 aromatic carbocycles. The summed E-state index contributed by atoms with van der Waals surface area (Å²) in [6, 6.07) is 6.09. The van der Waals surface area contributed by atoms with Crippen molar-refractivity contribution in [3.05, 3.63) is 35.7 Å². The van der Waals surface area contributed by atoms with Gasteiger partial charge in [-0.1, -0.05) is 11.3 Å². The molecule has 1 aromatic heterocycles.